The van der Waals surface area contributed by atoms with Crippen LogP contribution in [-0.4, -0.2) is 43.2 Å². The van der Waals surface area contributed by atoms with E-state index in [1.54, 1.807) is 6.21 Å². The Balaban J connectivity index is 2.17. The van der Waals surface area contributed by atoms with Gasteiger partial charge in [-0.25, -0.2) is 0 Å². The summed E-state index contributed by atoms with van der Waals surface area (Å²) in [5, 5.41) is 0. The Bertz CT molecular complexity index is 655. The van der Waals surface area contributed by atoms with Gasteiger partial charge in [0.1, 0.15) is 12.6 Å². The van der Waals surface area contributed by atoms with E-state index in [-0.39, 0.29) is 36.6 Å². The van der Waals surface area contributed by atoms with Crippen LogP contribution in [-0.2, 0) is 23.8 Å². The van der Waals surface area contributed by atoms with Crippen LogP contribution in [0.4, 0.5) is 0 Å². The standard InChI is InChI=1S/C20H27NO5/c1-12-6-8-17(9-7-12)10-21-19-14(3)13(2)18(11-24-15(4)22)26-20(19)25-16(5)23/h6-10,13-14,18-20H,11H2,1-5H3/t13-,14-,18?,19?,20?/m0/s1. The van der Waals surface area contributed by atoms with Crippen LogP contribution in [0.15, 0.2) is 29.3 Å². The van der Waals surface area contributed by atoms with Crippen molar-refractivity contribution < 1.29 is 23.8 Å². The van der Waals surface area contributed by atoms with E-state index in [2.05, 4.69) is 4.99 Å². The van der Waals surface area contributed by atoms with Crippen LogP contribution in [0.25, 0.3) is 0 Å². The minimum absolute atomic E-state index is 0.0790. The smallest absolute Gasteiger partial charge is 0.305 e. The van der Waals surface area contributed by atoms with Crippen LogP contribution in [0.2, 0.25) is 0 Å². The molecule has 2 rings (SSSR count). The summed E-state index contributed by atoms with van der Waals surface area (Å²) in [4.78, 5) is 27.2. The Labute approximate surface area is 154 Å². The maximum Gasteiger partial charge on any atom is 0.305 e. The first-order valence-electron chi connectivity index (χ1n) is 8.84. The molecule has 1 fully saturated rings. The van der Waals surface area contributed by atoms with E-state index in [1.165, 1.54) is 19.4 Å². The van der Waals surface area contributed by atoms with E-state index >= 15 is 0 Å². The molecule has 1 aromatic carbocycles. The van der Waals surface area contributed by atoms with E-state index in [4.69, 9.17) is 14.2 Å². The van der Waals surface area contributed by atoms with Crippen molar-refractivity contribution in [2.45, 2.75) is 53.1 Å². The van der Waals surface area contributed by atoms with Crippen molar-refractivity contribution in [3.63, 3.8) is 0 Å². The zero-order chi connectivity index (χ0) is 19.3. The van der Waals surface area contributed by atoms with Gasteiger partial charge >= 0.3 is 11.9 Å². The van der Waals surface area contributed by atoms with Crippen molar-refractivity contribution in [2.24, 2.45) is 16.8 Å². The summed E-state index contributed by atoms with van der Waals surface area (Å²) in [6.07, 6.45) is 0.629. The normalized spacial score (nSPS) is 28.7. The third-order valence-corrected chi connectivity index (χ3v) is 4.75. The second kappa shape index (κ2) is 8.94. The molecule has 5 atom stereocenters. The van der Waals surface area contributed by atoms with E-state index < -0.39 is 12.3 Å². The van der Waals surface area contributed by atoms with Crippen LogP contribution in [0.3, 0.4) is 0 Å². The highest BCUT2D eigenvalue weighted by Crippen LogP contribution is 2.33. The zero-order valence-corrected chi connectivity index (χ0v) is 16.0. The Morgan fingerprint density at radius 1 is 1.12 bits per heavy atom. The Hall–Kier alpha value is -2.21. The van der Waals surface area contributed by atoms with Gasteiger partial charge in [-0.2, -0.15) is 0 Å². The molecule has 1 aromatic rings. The van der Waals surface area contributed by atoms with Gasteiger partial charge in [-0.1, -0.05) is 43.7 Å². The van der Waals surface area contributed by atoms with Gasteiger partial charge in [0.2, 0.25) is 6.29 Å². The molecule has 0 radical (unpaired) electrons. The number of carbonyl (C=O) groups is 2. The van der Waals surface area contributed by atoms with E-state index in [1.807, 2.05) is 45.0 Å². The van der Waals surface area contributed by atoms with E-state index in [9.17, 15) is 9.59 Å². The predicted molar refractivity (Wildman–Crippen MR) is 97.9 cm³/mol. The average Bonchev–Trinajstić information content (AvgIpc) is 2.57. The average molecular weight is 361 g/mol. The second-order valence-electron chi connectivity index (χ2n) is 6.85. The number of esters is 2. The minimum atomic E-state index is -0.805. The molecule has 0 spiro atoms. The molecule has 1 aliphatic rings. The molecule has 26 heavy (non-hydrogen) atoms. The maximum absolute atomic E-state index is 11.5. The first-order chi connectivity index (χ1) is 12.3. The fourth-order valence-corrected chi connectivity index (χ4v) is 2.96. The molecular weight excluding hydrogens is 334 g/mol. The van der Waals surface area contributed by atoms with Gasteiger partial charge in [0, 0.05) is 20.1 Å². The lowest BCUT2D eigenvalue weighted by Gasteiger charge is -2.42. The zero-order valence-electron chi connectivity index (χ0n) is 16.0. The Morgan fingerprint density at radius 2 is 1.77 bits per heavy atom. The van der Waals surface area contributed by atoms with Gasteiger partial charge in [0.15, 0.2) is 0 Å². The number of aryl methyl sites for hydroxylation is 1. The molecule has 0 bridgehead atoms. The van der Waals surface area contributed by atoms with Crippen molar-refractivity contribution in [3.05, 3.63) is 35.4 Å². The molecule has 142 valence electrons. The second-order valence-corrected chi connectivity index (χ2v) is 6.85. The quantitative estimate of drug-likeness (QED) is 0.595. The lowest BCUT2D eigenvalue weighted by Crippen LogP contribution is -2.51. The van der Waals surface area contributed by atoms with Crippen LogP contribution >= 0.6 is 0 Å². The molecule has 6 nitrogen and oxygen atoms in total. The van der Waals surface area contributed by atoms with Gasteiger partial charge in [-0.3, -0.25) is 14.6 Å². The molecule has 1 aliphatic heterocycles. The molecule has 0 saturated carbocycles. The number of aliphatic imine (C=N–C) groups is 1. The molecule has 0 N–H and O–H groups in total. The SMILES string of the molecule is CC(=O)OCC1OC(OC(C)=O)C(N=Cc2ccc(C)cc2)[C@@H](C)[C@@H]1C. The Kier molecular flexibility index (Phi) is 6.91. The van der Waals surface area contributed by atoms with Gasteiger partial charge in [0.05, 0.1) is 6.10 Å². The summed E-state index contributed by atoms with van der Waals surface area (Å²) in [6, 6.07) is 7.68. The highest BCUT2D eigenvalue weighted by molar-refractivity contribution is 5.79. The summed E-state index contributed by atoms with van der Waals surface area (Å²) in [5.41, 5.74) is 2.15. The summed E-state index contributed by atoms with van der Waals surface area (Å²) in [6.45, 7) is 8.93. The van der Waals surface area contributed by atoms with Crippen molar-refractivity contribution in [1.29, 1.82) is 0 Å². The van der Waals surface area contributed by atoms with E-state index in [0.29, 0.717) is 0 Å². The number of benzene rings is 1. The molecule has 0 amide bonds. The molecule has 3 unspecified atom stereocenters. The highest BCUT2D eigenvalue weighted by atomic mass is 16.7. The third-order valence-electron chi connectivity index (χ3n) is 4.75. The summed E-state index contributed by atoms with van der Waals surface area (Å²) < 4.78 is 16.4. The van der Waals surface area contributed by atoms with Crippen LogP contribution in [0.5, 0.6) is 0 Å². The molecule has 0 aromatic heterocycles. The van der Waals surface area contributed by atoms with Crippen molar-refractivity contribution in [1.82, 2.24) is 0 Å². The maximum atomic E-state index is 11.5. The van der Waals surface area contributed by atoms with Gasteiger partial charge in [-0.15, -0.1) is 0 Å². The highest BCUT2D eigenvalue weighted by Gasteiger charge is 2.43. The van der Waals surface area contributed by atoms with Crippen LogP contribution < -0.4 is 0 Å². The first-order valence-corrected chi connectivity index (χ1v) is 8.84. The lowest BCUT2D eigenvalue weighted by molar-refractivity contribution is -0.234. The number of carbonyl (C=O) groups excluding carboxylic acids is 2. The summed E-state index contributed by atoms with van der Waals surface area (Å²) in [5.74, 6) is -0.632. The predicted octanol–water partition coefficient (Wildman–Crippen LogP) is 2.91. The lowest BCUT2D eigenvalue weighted by atomic mass is 9.82. The number of ether oxygens (including phenoxy) is 3. The van der Waals surface area contributed by atoms with Crippen LogP contribution in [0, 0.1) is 18.8 Å². The van der Waals surface area contributed by atoms with Gasteiger partial charge in [-0.05, 0) is 24.3 Å². The van der Waals surface area contributed by atoms with Crippen LogP contribution in [0.1, 0.15) is 38.8 Å². The number of rotatable bonds is 5. The molecule has 6 heteroatoms. The monoisotopic (exact) mass is 361 g/mol. The molecule has 1 saturated heterocycles. The van der Waals surface area contributed by atoms with Crippen molar-refractivity contribution in [2.75, 3.05) is 6.61 Å². The summed E-state index contributed by atoms with van der Waals surface area (Å²) in [7, 11) is 0. The molecular formula is C20H27NO5. The number of hydrogen-bond acceptors (Lipinski definition) is 6. The van der Waals surface area contributed by atoms with Crippen molar-refractivity contribution >= 4 is 18.2 Å². The van der Waals surface area contributed by atoms with Gasteiger partial charge < -0.3 is 14.2 Å². The Morgan fingerprint density at radius 3 is 2.35 bits per heavy atom. The number of hydrogen-bond donors (Lipinski definition) is 0. The van der Waals surface area contributed by atoms with E-state index in [0.717, 1.165) is 5.56 Å². The fraction of sp³-hybridized carbons (Fsp3) is 0.550. The largest absolute Gasteiger partial charge is 0.463 e. The van der Waals surface area contributed by atoms with Crippen molar-refractivity contribution in [3.8, 4) is 0 Å². The number of nitrogens with zero attached hydrogens (tertiary/aromatic N) is 1. The molecule has 0 aliphatic carbocycles. The van der Waals surface area contributed by atoms with Gasteiger partial charge in [0.25, 0.3) is 0 Å². The molecule has 1 heterocycles. The topological polar surface area (TPSA) is 74.2 Å². The first kappa shape index (κ1) is 20.1. The minimum Gasteiger partial charge on any atom is -0.463 e. The fourth-order valence-electron chi connectivity index (χ4n) is 2.96. The third kappa shape index (κ3) is 5.39. The summed E-state index contributed by atoms with van der Waals surface area (Å²) >= 11 is 0.